The number of aromatic nitrogens is 1. The van der Waals surface area contributed by atoms with Gasteiger partial charge in [0.05, 0.1) is 28.4 Å². The molecule has 1 aromatic carbocycles. The van der Waals surface area contributed by atoms with Gasteiger partial charge >= 0.3 is 0 Å². The quantitative estimate of drug-likeness (QED) is 0.913. The second-order valence-electron chi connectivity index (χ2n) is 4.69. The van der Waals surface area contributed by atoms with E-state index in [1.807, 2.05) is 39.0 Å². The SMILES string of the molecule is Cc1nc(C)c(C(C)Nc2ccc(C#N)cc2C)s1. The number of hydrogen-bond acceptors (Lipinski definition) is 4. The van der Waals surface area contributed by atoms with E-state index in [2.05, 4.69) is 23.3 Å². The summed E-state index contributed by atoms with van der Waals surface area (Å²) in [5.41, 5.74) is 3.94. The van der Waals surface area contributed by atoms with Crippen LogP contribution in [0.3, 0.4) is 0 Å². The highest BCUT2D eigenvalue weighted by atomic mass is 32.1. The van der Waals surface area contributed by atoms with Gasteiger partial charge < -0.3 is 5.32 Å². The van der Waals surface area contributed by atoms with Crippen molar-refractivity contribution in [3.8, 4) is 6.07 Å². The van der Waals surface area contributed by atoms with Gasteiger partial charge in [-0.2, -0.15) is 5.26 Å². The summed E-state index contributed by atoms with van der Waals surface area (Å²) in [6.07, 6.45) is 0. The maximum absolute atomic E-state index is 8.87. The van der Waals surface area contributed by atoms with E-state index in [1.54, 1.807) is 11.3 Å². The van der Waals surface area contributed by atoms with Crippen molar-refractivity contribution in [1.82, 2.24) is 4.98 Å². The summed E-state index contributed by atoms with van der Waals surface area (Å²) in [7, 11) is 0. The van der Waals surface area contributed by atoms with Crippen LogP contribution in [0.25, 0.3) is 0 Å². The molecule has 98 valence electrons. The van der Waals surface area contributed by atoms with Crippen molar-refractivity contribution in [2.24, 2.45) is 0 Å². The Labute approximate surface area is 117 Å². The number of aryl methyl sites for hydroxylation is 3. The Balaban J connectivity index is 2.22. The molecular formula is C15H17N3S. The lowest BCUT2D eigenvalue weighted by atomic mass is 10.1. The molecule has 1 heterocycles. The van der Waals surface area contributed by atoms with Crippen LogP contribution in [0.4, 0.5) is 5.69 Å². The molecule has 3 nitrogen and oxygen atoms in total. The van der Waals surface area contributed by atoms with Crippen LogP contribution in [0.1, 0.15) is 39.7 Å². The normalized spacial score (nSPS) is 11.9. The molecule has 0 aliphatic rings. The number of anilines is 1. The Hall–Kier alpha value is -1.86. The number of nitriles is 1. The number of thiazole rings is 1. The molecule has 19 heavy (non-hydrogen) atoms. The average molecular weight is 271 g/mol. The number of rotatable bonds is 3. The first-order valence-corrected chi connectivity index (χ1v) is 7.04. The zero-order valence-corrected chi connectivity index (χ0v) is 12.4. The van der Waals surface area contributed by atoms with Crippen molar-refractivity contribution in [1.29, 1.82) is 5.26 Å². The standard InChI is InChI=1S/C15H17N3S/c1-9-7-13(8-16)5-6-14(9)18-11(3)15-10(2)17-12(4)19-15/h5-7,11,18H,1-4H3. The first kappa shape index (κ1) is 13.6. The fraction of sp³-hybridized carbons (Fsp3) is 0.333. The van der Waals surface area contributed by atoms with E-state index in [9.17, 15) is 0 Å². The number of benzene rings is 1. The van der Waals surface area contributed by atoms with Gasteiger partial charge in [0.2, 0.25) is 0 Å². The minimum Gasteiger partial charge on any atom is -0.377 e. The van der Waals surface area contributed by atoms with E-state index >= 15 is 0 Å². The molecule has 0 fully saturated rings. The first-order valence-electron chi connectivity index (χ1n) is 6.22. The topological polar surface area (TPSA) is 48.7 Å². The molecule has 4 heteroatoms. The minimum atomic E-state index is 0.220. The van der Waals surface area contributed by atoms with E-state index in [0.717, 1.165) is 22.0 Å². The van der Waals surface area contributed by atoms with Gasteiger partial charge in [0.1, 0.15) is 0 Å². The minimum absolute atomic E-state index is 0.220. The molecule has 1 unspecified atom stereocenters. The Morgan fingerprint density at radius 1 is 1.32 bits per heavy atom. The van der Waals surface area contributed by atoms with Gasteiger partial charge in [-0.15, -0.1) is 11.3 Å². The van der Waals surface area contributed by atoms with Crippen LogP contribution < -0.4 is 5.32 Å². The molecule has 0 aliphatic carbocycles. The Kier molecular flexibility index (Phi) is 3.87. The Bertz CT molecular complexity index is 637. The smallest absolute Gasteiger partial charge is 0.0991 e. The van der Waals surface area contributed by atoms with Crippen LogP contribution >= 0.6 is 11.3 Å². The fourth-order valence-electron chi connectivity index (χ4n) is 2.14. The average Bonchev–Trinajstić information content (AvgIpc) is 2.71. The summed E-state index contributed by atoms with van der Waals surface area (Å²) < 4.78 is 0. The number of nitrogens with zero attached hydrogens (tertiary/aromatic N) is 2. The molecular weight excluding hydrogens is 254 g/mol. The summed E-state index contributed by atoms with van der Waals surface area (Å²) in [5, 5.41) is 13.5. The predicted octanol–water partition coefficient (Wildman–Crippen LogP) is 4.11. The highest BCUT2D eigenvalue weighted by Crippen LogP contribution is 2.28. The van der Waals surface area contributed by atoms with Crippen molar-refractivity contribution >= 4 is 17.0 Å². The van der Waals surface area contributed by atoms with E-state index in [1.165, 1.54) is 4.88 Å². The predicted molar refractivity (Wildman–Crippen MR) is 79.5 cm³/mol. The monoisotopic (exact) mass is 271 g/mol. The lowest BCUT2D eigenvalue weighted by Crippen LogP contribution is -2.07. The third-order valence-electron chi connectivity index (χ3n) is 3.06. The zero-order valence-electron chi connectivity index (χ0n) is 11.6. The van der Waals surface area contributed by atoms with Crippen LogP contribution in [-0.2, 0) is 0 Å². The molecule has 1 atom stereocenters. The Morgan fingerprint density at radius 3 is 2.58 bits per heavy atom. The first-order chi connectivity index (χ1) is 9.01. The molecule has 1 N–H and O–H groups in total. The lowest BCUT2D eigenvalue weighted by molar-refractivity contribution is 0.887. The third kappa shape index (κ3) is 2.94. The maximum Gasteiger partial charge on any atom is 0.0991 e. The summed E-state index contributed by atoms with van der Waals surface area (Å²) in [5.74, 6) is 0. The van der Waals surface area contributed by atoms with Gasteiger partial charge in [-0.3, -0.25) is 0 Å². The van der Waals surface area contributed by atoms with Gasteiger partial charge in [0.25, 0.3) is 0 Å². The van der Waals surface area contributed by atoms with E-state index in [4.69, 9.17) is 5.26 Å². The van der Waals surface area contributed by atoms with Gasteiger partial charge in [0.15, 0.2) is 0 Å². The van der Waals surface area contributed by atoms with E-state index in [0.29, 0.717) is 5.56 Å². The van der Waals surface area contributed by atoms with Crippen molar-refractivity contribution < 1.29 is 0 Å². The largest absolute Gasteiger partial charge is 0.377 e. The highest BCUT2D eigenvalue weighted by Gasteiger charge is 2.13. The van der Waals surface area contributed by atoms with Crippen LogP contribution in [0.2, 0.25) is 0 Å². The van der Waals surface area contributed by atoms with Crippen molar-refractivity contribution in [3.63, 3.8) is 0 Å². The van der Waals surface area contributed by atoms with Gasteiger partial charge in [-0.05, 0) is 51.5 Å². The highest BCUT2D eigenvalue weighted by molar-refractivity contribution is 7.11. The second-order valence-corrected chi connectivity index (χ2v) is 5.92. The molecule has 0 saturated carbocycles. The molecule has 2 rings (SSSR count). The molecule has 0 spiro atoms. The van der Waals surface area contributed by atoms with E-state index < -0.39 is 0 Å². The van der Waals surface area contributed by atoms with Gasteiger partial charge in [-0.25, -0.2) is 4.98 Å². The maximum atomic E-state index is 8.87. The van der Waals surface area contributed by atoms with Crippen molar-refractivity contribution in [2.75, 3.05) is 5.32 Å². The third-order valence-corrected chi connectivity index (χ3v) is 4.32. The Morgan fingerprint density at radius 2 is 2.05 bits per heavy atom. The van der Waals surface area contributed by atoms with Crippen molar-refractivity contribution in [2.45, 2.75) is 33.7 Å². The summed E-state index contributed by atoms with van der Waals surface area (Å²) >= 11 is 1.73. The number of hydrogen-bond donors (Lipinski definition) is 1. The molecule has 0 bridgehead atoms. The van der Waals surface area contributed by atoms with Crippen LogP contribution in [-0.4, -0.2) is 4.98 Å². The molecule has 0 aliphatic heterocycles. The van der Waals surface area contributed by atoms with E-state index in [-0.39, 0.29) is 6.04 Å². The van der Waals surface area contributed by atoms with Crippen LogP contribution in [0, 0.1) is 32.1 Å². The van der Waals surface area contributed by atoms with Crippen LogP contribution in [0.15, 0.2) is 18.2 Å². The van der Waals surface area contributed by atoms with Crippen molar-refractivity contribution in [3.05, 3.63) is 44.9 Å². The summed E-state index contributed by atoms with van der Waals surface area (Å²) in [6.45, 7) is 8.22. The lowest BCUT2D eigenvalue weighted by Gasteiger charge is -2.16. The van der Waals surface area contributed by atoms with Crippen LogP contribution in [0.5, 0.6) is 0 Å². The summed E-state index contributed by atoms with van der Waals surface area (Å²) in [4.78, 5) is 5.72. The fourth-order valence-corrected chi connectivity index (χ4v) is 3.07. The molecule has 0 radical (unpaired) electrons. The molecule has 0 saturated heterocycles. The summed E-state index contributed by atoms with van der Waals surface area (Å²) in [6, 6.07) is 8.09. The molecule has 0 amide bonds. The molecule has 1 aromatic heterocycles. The number of nitrogens with one attached hydrogen (secondary N) is 1. The second kappa shape index (κ2) is 5.41. The van der Waals surface area contributed by atoms with Gasteiger partial charge in [-0.1, -0.05) is 0 Å². The molecule has 2 aromatic rings. The zero-order chi connectivity index (χ0) is 14.0. The van der Waals surface area contributed by atoms with Gasteiger partial charge in [0, 0.05) is 10.6 Å².